The van der Waals surface area contributed by atoms with E-state index in [1.54, 1.807) is 0 Å². The van der Waals surface area contributed by atoms with Gasteiger partial charge in [-0.25, -0.2) is 4.98 Å². The second-order valence-corrected chi connectivity index (χ2v) is 9.15. The lowest BCUT2D eigenvalue weighted by atomic mass is 10.1. The van der Waals surface area contributed by atoms with Crippen molar-refractivity contribution in [2.24, 2.45) is 10.9 Å². The van der Waals surface area contributed by atoms with Crippen molar-refractivity contribution >= 4 is 34.0 Å². The second kappa shape index (κ2) is 13.8. The molecule has 3 aromatic rings. The van der Waals surface area contributed by atoms with E-state index in [1.165, 1.54) is 47.2 Å². The number of hydrogen-bond donors (Lipinski definition) is 2. The number of allylic oxidation sites excluding steroid dienone is 1. The first kappa shape index (κ1) is 28.3. The fraction of sp³-hybridized carbons (Fsp3) is 0.308. The van der Waals surface area contributed by atoms with Gasteiger partial charge >= 0.3 is 0 Å². The summed E-state index contributed by atoms with van der Waals surface area (Å²) < 4.78 is 1.22. The molecule has 0 saturated heterocycles. The molecular weight excluding hydrogens is 476 g/mol. The molecule has 10 heteroatoms. The minimum Gasteiger partial charge on any atom is -0.343 e. The Kier molecular flexibility index (Phi) is 10.9. The number of nitroso groups, excluding NO2 is 1. The van der Waals surface area contributed by atoms with Crippen LogP contribution >= 0.6 is 11.3 Å². The molecule has 0 aliphatic rings. The first-order chi connectivity index (χ1) is 17.1. The van der Waals surface area contributed by atoms with Crippen LogP contribution in [0.2, 0.25) is 0 Å². The zero-order valence-electron chi connectivity index (χ0n) is 21.5. The molecule has 0 aliphatic heterocycles. The maximum atomic E-state index is 12.0. The van der Waals surface area contributed by atoms with E-state index in [9.17, 15) is 14.5 Å². The van der Waals surface area contributed by atoms with Gasteiger partial charge in [0.05, 0.1) is 35.1 Å². The summed E-state index contributed by atoms with van der Waals surface area (Å²) in [7, 11) is 1.31. The minimum absolute atomic E-state index is 0.198. The minimum atomic E-state index is -0.440. The molecule has 0 radical (unpaired) electrons. The number of anilines is 1. The Morgan fingerprint density at radius 3 is 2.64 bits per heavy atom. The van der Waals surface area contributed by atoms with Crippen molar-refractivity contribution in [2.45, 2.75) is 34.6 Å². The van der Waals surface area contributed by atoms with E-state index in [-0.39, 0.29) is 12.5 Å². The number of aliphatic imine (C=N–C) groups is 1. The summed E-state index contributed by atoms with van der Waals surface area (Å²) in [4.78, 5) is 44.4. The molecule has 3 rings (SSSR count). The molecule has 0 spiro atoms. The smallest absolute Gasteiger partial charge is 0.253 e. The molecule has 1 aromatic carbocycles. The molecule has 2 amide bonds. The molecule has 2 N–H and O–H groups in total. The third kappa shape index (κ3) is 9.03. The van der Waals surface area contributed by atoms with Gasteiger partial charge < -0.3 is 10.6 Å². The van der Waals surface area contributed by atoms with Gasteiger partial charge in [-0.1, -0.05) is 48.4 Å². The van der Waals surface area contributed by atoms with Gasteiger partial charge in [-0.05, 0) is 38.8 Å². The highest BCUT2D eigenvalue weighted by Gasteiger charge is 2.14. The maximum Gasteiger partial charge on any atom is 0.253 e. The largest absolute Gasteiger partial charge is 0.343 e. The summed E-state index contributed by atoms with van der Waals surface area (Å²) in [6.07, 6.45) is 6.61. The summed E-state index contributed by atoms with van der Waals surface area (Å²) in [5.41, 5.74) is 4.37. The van der Waals surface area contributed by atoms with Crippen LogP contribution in [0.4, 0.5) is 5.13 Å². The Morgan fingerprint density at radius 1 is 1.28 bits per heavy atom. The lowest BCUT2D eigenvalue weighted by molar-refractivity contribution is -0.578. The Balaban J connectivity index is 0.000000434. The molecule has 0 unspecified atom stereocenters. The highest BCUT2D eigenvalue weighted by molar-refractivity contribution is 7.14. The fourth-order valence-corrected chi connectivity index (χ4v) is 3.47. The molecule has 0 fully saturated rings. The van der Waals surface area contributed by atoms with E-state index in [0.29, 0.717) is 21.5 Å². The van der Waals surface area contributed by atoms with Crippen LogP contribution in [0.1, 0.15) is 43.6 Å². The first-order valence-electron chi connectivity index (χ1n) is 11.5. The predicted octanol–water partition coefficient (Wildman–Crippen LogP) is 5.10. The SMILES string of the molecule is C/C=C\N=C(C)C(C)C.Cc1cccc(-c2csc(NC(=O)CNC(=O)c3ccn([N+](C)=O)c3)n2)c1. The Labute approximate surface area is 215 Å². The normalized spacial score (nSPS) is 11.2. The second-order valence-electron chi connectivity index (χ2n) is 8.29. The van der Waals surface area contributed by atoms with Crippen LogP contribution in [-0.4, -0.2) is 45.6 Å². The van der Waals surface area contributed by atoms with E-state index >= 15 is 0 Å². The number of aryl methyl sites for hydroxylation is 1. The molecule has 0 saturated carbocycles. The lowest BCUT2D eigenvalue weighted by Crippen LogP contribution is -2.32. The number of rotatable bonds is 8. The van der Waals surface area contributed by atoms with Gasteiger partial charge in [0.25, 0.3) is 5.91 Å². The molecule has 9 nitrogen and oxygen atoms in total. The molecule has 0 bridgehead atoms. The van der Waals surface area contributed by atoms with Crippen LogP contribution in [0.25, 0.3) is 11.3 Å². The third-order valence-electron chi connectivity index (χ3n) is 5.00. The number of hydrogen-bond acceptors (Lipinski definition) is 6. The van der Waals surface area contributed by atoms with Crippen LogP contribution < -0.4 is 10.6 Å². The van der Waals surface area contributed by atoms with Gasteiger partial charge in [0, 0.05) is 22.9 Å². The Morgan fingerprint density at radius 2 is 2.03 bits per heavy atom. The Bertz CT molecular complexity index is 1260. The number of aromatic nitrogens is 2. The molecule has 36 heavy (non-hydrogen) atoms. The Hall–Kier alpha value is -3.92. The number of carbonyl (C=O) groups excluding carboxylic acids is 2. The van der Waals surface area contributed by atoms with E-state index in [1.807, 2.05) is 62.7 Å². The molecule has 2 aromatic heterocycles. The van der Waals surface area contributed by atoms with Crippen LogP contribution in [0.15, 0.2) is 65.4 Å². The summed E-state index contributed by atoms with van der Waals surface area (Å²) in [6, 6.07) is 9.43. The number of amides is 2. The van der Waals surface area contributed by atoms with Crippen molar-refractivity contribution < 1.29 is 14.5 Å². The van der Waals surface area contributed by atoms with Crippen molar-refractivity contribution in [1.82, 2.24) is 15.0 Å². The number of nitrogens with one attached hydrogen (secondary N) is 2. The van der Waals surface area contributed by atoms with E-state index in [2.05, 4.69) is 34.5 Å². The van der Waals surface area contributed by atoms with Gasteiger partial charge in [0.2, 0.25) is 13.0 Å². The molecule has 0 aliphatic carbocycles. The highest BCUT2D eigenvalue weighted by atomic mass is 32.1. The monoisotopic (exact) mass is 509 g/mol. The van der Waals surface area contributed by atoms with Crippen LogP contribution in [0.5, 0.6) is 0 Å². The van der Waals surface area contributed by atoms with Crippen molar-refractivity contribution in [3.8, 4) is 11.3 Å². The van der Waals surface area contributed by atoms with Gasteiger partial charge in [0.1, 0.15) is 4.87 Å². The molecule has 190 valence electrons. The quantitative estimate of drug-likeness (QED) is 0.325. The number of thiazole rings is 1. The number of nitrogens with zero attached hydrogens (tertiary/aromatic N) is 4. The maximum absolute atomic E-state index is 12.0. The first-order valence-corrected chi connectivity index (χ1v) is 12.3. The average molecular weight is 510 g/mol. The summed E-state index contributed by atoms with van der Waals surface area (Å²) >= 11 is 1.32. The molecular formula is C26H33N6O3S+. The lowest BCUT2D eigenvalue weighted by Gasteiger charge is -2.03. The topological polar surface area (TPSA) is 108 Å². The third-order valence-corrected chi connectivity index (χ3v) is 5.76. The predicted molar refractivity (Wildman–Crippen MR) is 145 cm³/mol. The molecule has 2 heterocycles. The van der Waals surface area contributed by atoms with Crippen molar-refractivity contribution in [1.29, 1.82) is 0 Å². The van der Waals surface area contributed by atoms with Crippen LogP contribution in [-0.2, 0) is 4.79 Å². The summed E-state index contributed by atoms with van der Waals surface area (Å²) in [6.45, 7) is 10.1. The van der Waals surface area contributed by atoms with Gasteiger partial charge in [0.15, 0.2) is 5.13 Å². The van der Waals surface area contributed by atoms with E-state index < -0.39 is 5.91 Å². The standard InChI is InChI=1S/C18H17N5O3S.C8H15N/c1-12-4-3-5-13(8-12)15-11-27-18(20-15)21-16(24)9-19-17(25)14-6-7-23(10-14)22(2)26;1-5-6-9-8(4)7(2)3/h3-8,10-11H,9H2,1-2H3,(H-,19,20,21,24,25);5-7H,1-4H3/p+1/b;6-5-,9-8?. The van der Waals surface area contributed by atoms with E-state index in [4.69, 9.17) is 0 Å². The van der Waals surface area contributed by atoms with E-state index in [0.717, 1.165) is 16.8 Å². The zero-order chi connectivity index (χ0) is 26.7. The summed E-state index contributed by atoms with van der Waals surface area (Å²) in [5.74, 6) is -0.250. The van der Waals surface area contributed by atoms with Gasteiger partial charge in [-0.15, -0.1) is 11.3 Å². The molecule has 0 atom stereocenters. The fourth-order valence-electron chi connectivity index (χ4n) is 2.73. The van der Waals surface area contributed by atoms with Crippen molar-refractivity contribution in [2.75, 3.05) is 18.9 Å². The van der Waals surface area contributed by atoms with Crippen LogP contribution in [0.3, 0.4) is 0 Å². The number of benzene rings is 1. The zero-order valence-corrected chi connectivity index (χ0v) is 22.3. The highest BCUT2D eigenvalue weighted by Crippen LogP contribution is 2.25. The van der Waals surface area contributed by atoms with Crippen LogP contribution in [0, 0.1) is 17.7 Å². The van der Waals surface area contributed by atoms with Crippen molar-refractivity contribution in [3.05, 3.63) is 76.4 Å². The number of carbonyl (C=O) groups is 2. The van der Waals surface area contributed by atoms with Gasteiger partial charge in [-0.3, -0.25) is 14.6 Å². The van der Waals surface area contributed by atoms with Gasteiger partial charge in [-0.2, -0.15) is 0 Å². The average Bonchev–Trinajstić information content (AvgIpc) is 3.52. The summed E-state index contributed by atoms with van der Waals surface area (Å²) in [5, 5.41) is 7.51. The van der Waals surface area contributed by atoms with Crippen molar-refractivity contribution in [3.63, 3.8) is 0 Å².